The molecule has 0 aromatic rings. The number of aliphatic hydroxyl groups is 2. The van der Waals surface area contributed by atoms with Crippen LogP contribution in [-0.2, 0) is 4.79 Å². The van der Waals surface area contributed by atoms with Crippen LogP contribution in [0.1, 0.15) is 271 Å². The maximum atomic E-state index is 12.5. The Morgan fingerprint density at radius 2 is 0.667 bits per heavy atom. The van der Waals surface area contributed by atoms with E-state index in [4.69, 9.17) is 0 Å². The first kappa shape index (κ1) is 63.3. The molecule has 0 heterocycles. The van der Waals surface area contributed by atoms with Crippen molar-refractivity contribution in [3.8, 4) is 0 Å². The minimum atomic E-state index is -0.670. The number of rotatable bonds is 51. The molecule has 0 radical (unpaired) electrons. The molecule has 0 saturated carbocycles. The minimum Gasteiger partial charge on any atom is -0.394 e. The molecule has 0 bridgehead atoms. The summed E-state index contributed by atoms with van der Waals surface area (Å²) in [4.78, 5) is 12.5. The van der Waals surface area contributed by atoms with Crippen molar-refractivity contribution in [3.05, 3.63) is 97.2 Å². The number of hydrogen-bond acceptors (Lipinski definition) is 3. The summed E-state index contributed by atoms with van der Waals surface area (Å²) >= 11 is 0. The number of carbonyl (C=O) groups is 1. The smallest absolute Gasteiger partial charge is 0.220 e. The average molecular weight is 917 g/mol. The predicted octanol–water partition coefficient (Wildman–Crippen LogP) is 18.9. The first-order chi connectivity index (χ1) is 32.7. The quantitative estimate of drug-likeness (QED) is 0.0421. The van der Waals surface area contributed by atoms with Crippen LogP contribution in [0.15, 0.2) is 97.2 Å². The lowest BCUT2D eigenvalue weighted by Gasteiger charge is -2.22. The van der Waals surface area contributed by atoms with Crippen molar-refractivity contribution >= 4 is 5.91 Å². The second-order valence-electron chi connectivity index (χ2n) is 19.0. The van der Waals surface area contributed by atoms with E-state index in [2.05, 4.69) is 116 Å². The molecule has 2 unspecified atom stereocenters. The van der Waals surface area contributed by atoms with Gasteiger partial charge in [-0.25, -0.2) is 0 Å². The molecule has 0 aliphatic carbocycles. The van der Waals surface area contributed by atoms with Gasteiger partial charge in [-0.2, -0.15) is 0 Å². The van der Waals surface area contributed by atoms with Crippen LogP contribution in [0.4, 0.5) is 0 Å². The molecule has 0 aliphatic heterocycles. The van der Waals surface area contributed by atoms with E-state index in [-0.39, 0.29) is 12.5 Å². The maximum absolute atomic E-state index is 12.5. The number of hydrogen-bond donors (Lipinski definition) is 3. The van der Waals surface area contributed by atoms with Crippen LogP contribution >= 0.6 is 0 Å². The summed E-state index contributed by atoms with van der Waals surface area (Å²) in [6, 6.07) is -0.548. The summed E-state index contributed by atoms with van der Waals surface area (Å²) in [5.74, 6) is -0.0414. The van der Waals surface area contributed by atoms with Crippen LogP contribution in [0.2, 0.25) is 0 Å². The molecule has 0 aromatic carbocycles. The lowest BCUT2D eigenvalue weighted by atomic mass is 10.0. The summed E-state index contributed by atoms with van der Waals surface area (Å²) in [6.45, 7) is 4.25. The zero-order valence-corrected chi connectivity index (χ0v) is 43.7. The maximum Gasteiger partial charge on any atom is 0.220 e. The topological polar surface area (TPSA) is 69.6 Å². The lowest BCUT2D eigenvalue weighted by Crippen LogP contribution is -2.45. The van der Waals surface area contributed by atoms with Crippen molar-refractivity contribution in [2.75, 3.05) is 6.61 Å². The van der Waals surface area contributed by atoms with Crippen LogP contribution in [0.5, 0.6) is 0 Å². The molecule has 3 N–H and O–H groups in total. The minimum absolute atomic E-state index is 0.0414. The number of amides is 1. The lowest BCUT2D eigenvalue weighted by molar-refractivity contribution is -0.123. The van der Waals surface area contributed by atoms with E-state index in [1.54, 1.807) is 0 Å². The molecular formula is C62H109NO3. The van der Waals surface area contributed by atoms with Crippen LogP contribution in [0.3, 0.4) is 0 Å². The van der Waals surface area contributed by atoms with Crippen molar-refractivity contribution in [2.45, 2.75) is 283 Å². The third-order valence-corrected chi connectivity index (χ3v) is 12.6. The first-order valence-corrected chi connectivity index (χ1v) is 28.4. The highest BCUT2D eigenvalue weighted by molar-refractivity contribution is 5.76. The van der Waals surface area contributed by atoms with E-state index in [9.17, 15) is 15.0 Å². The van der Waals surface area contributed by atoms with Gasteiger partial charge in [0.2, 0.25) is 5.91 Å². The van der Waals surface area contributed by atoms with Crippen LogP contribution in [0.25, 0.3) is 0 Å². The van der Waals surface area contributed by atoms with E-state index in [1.165, 1.54) is 167 Å². The Hall–Kier alpha value is -2.69. The second-order valence-corrected chi connectivity index (χ2v) is 19.0. The monoisotopic (exact) mass is 916 g/mol. The number of aliphatic hydroxyl groups excluding tert-OH is 2. The zero-order valence-electron chi connectivity index (χ0n) is 43.7. The third-order valence-electron chi connectivity index (χ3n) is 12.6. The Morgan fingerprint density at radius 3 is 1.00 bits per heavy atom. The molecule has 2 atom stereocenters. The Morgan fingerprint density at radius 1 is 0.379 bits per heavy atom. The fourth-order valence-corrected chi connectivity index (χ4v) is 8.32. The highest BCUT2D eigenvalue weighted by Gasteiger charge is 2.20. The van der Waals surface area contributed by atoms with Gasteiger partial charge in [-0.05, 0) is 77.0 Å². The van der Waals surface area contributed by atoms with Gasteiger partial charge in [0, 0.05) is 6.42 Å². The van der Waals surface area contributed by atoms with Crippen molar-refractivity contribution in [3.63, 3.8) is 0 Å². The standard InChI is InChI=1S/C62H109NO3/c1-3-5-7-9-11-13-15-17-19-21-23-25-26-27-28-29-30-31-32-33-34-35-36-38-40-42-44-46-48-50-52-54-56-58-62(66)63-60(59-64)61(65)57-55-53-51-49-47-45-43-41-39-37-24-22-20-18-16-14-12-10-8-6-4-2/h5,7,11,13,17,19,23,25,27-28,30-31,33-34,36,38,60-61,64-65H,3-4,6,8-10,12,14-16,18,20-22,24,26,29,32,35,37,39-59H2,1-2H3,(H,63,66)/b7-5-,13-11-,19-17-,25-23-,28-27-,31-30-,34-33-,38-36-. The van der Waals surface area contributed by atoms with Gasteiger partial charge < -0.3 is 15.5 Å². The van der Waals surface area contributed by atoms with E-state index >= 15 is 0 Å². The summed E-state index contributed by atoms with van der Waals surface area (Å²) in [6.07, 6.45) is 83.8. The number of nitrogens with one attached hydrogen (secondary N) is 1. The van der Waals surface area contributed by atoms with E-state index in [0.717, 1.165) is 77.0 Å². The van der Waals surface area contributed by atoms with Crippen LogP contribution in [0, 0.1) is 0 Å². The number of unbranched alkanes of at least 4 members (excludes halogenated alkanes) is 28. The molecule has 4 nitrogen and oxygen atoms in total. The highest BCUT2D eigenvalue weighted by Crippen LogP contribution is 2.17. The molecule has 380 valence electrons. The van der Waals surface area contributed by atoms with Gasteiger partial charge in [-0.3, -0.25) is 4.79 Å². The molecule has 0 aliphatic rings. The van der Waals surface area contributed by atoms with Crippen LogP contribution in [-0.4, -0.2) is 34.9 Å². The fraction of sp³-hybridized carbons (Fsp3) is 0.726. The molecule has 1 amide bonds. The SMILES string of the molecule is CC/C=C\C/C=C\C/C=C\C/C=C\C/C=C\C/C=C\C/C=C\C/C=C\CCCCCCCCCCC(=O)NC(CO)C(O)CCCCCCCCCCCCCCCCCCCCCCC. The van der Waals surface area contributed by atoms with E-state index in [0.29, 0.717) is 12.8 Å². The summed E-state index contributed by atoms with van der Waals surface area (Å²) < 4.78 is 0. The zero-order chi connectivity index (χ0) is 47.7. The molecule has 0 fully saturated rings. The highest BCUT2D eigenvalue weighted by atomic mass is 16.3. The van der Waals surface area contributed by atoms with Crippen LogP contribution < -0.4 is 5.32 Å². The van der Waals surface area contributed by atoms with Crippen molar-refractivity contribution in [1.82, 2.24) is 5.32 Å². The predicted molar refractivity (Wildman–Crippen MR) is 294 cm³/mol. The molecule has 4 heteroatoms. The van der Waals surface area contributed by atoms with Gasteiger partial charge in [0.05, 0.1) is 18.8 Å². The molecule has 0 spiro atoms. The van der Waals surface area contributed by atoms with Gasteiger partial charge in [-0.15, -0.1) is 0 Å². The first-order valence-electron chi connectivity index (χ1n) is 28.4. The average Bonchev–Trinajstić information content (AvgIpc) is 3.32. The normalized spacial score (nSPS) is 13.6. The second kappa shape index (κ2) is 56.6. The Kier molecular flexibility index (Phi) is 54.3. The fourth-order valence-electron chi connectivity index (χ4n) is 8.32. The summed E-state index contributed by atoms with van der Waals surface area (Å²) in [5.41, 5.74) is 0. The number of allylic oxidation sites excluding steroid dienone is 16. The van der Waals surface area contributed by atoms with Crippen molar-refractivity contribution in [1.29, 1.82) is 0 Å². The molecule has 0 rings (SSSR count). The largest absolute Gasteiger partial charge is 0.394 e. The van der Waals surface area contributed by atoms with Gasteiger partial charge >= 0.3 is 0 Å². The van der Waals surface area contributed by atoms with Gasteiger partial charge in [0.15, 0.2) is 0 Å². The molecular weight excluding hydrogens is 807 g/mol. The van der Waals surface area contributed by atoms with Gasteiger partial charge in [0.25, 0.3) is 0 Å². The Balaban J connectivity index is 3.57. The van der Waals surface area contributed by atoms with Crippen molar-refractivity contribution < 1.29 is 15.0 Å². The van der Waals surface area contributed by atoms with E-state index in [1.807, 2.05) is 0 Å². The Bertz CT molecular complexity index is 1220. The summed E-state index contributed by atoms with van der Waals surface area (Å²) in [7, 11) is 0. The molecule has 66 heavy (non-hydrogen) atoms. The van der Waals surface area contributed by atoms with Gasteiger partial charge in [-0.1, -0.05) is 284 Å². The molecule has 0 aromatic heterocycles. The number of carbonyl (C=O) groups excluding carboxylic acids is 1. The van der Waals surface area contributed by atoms with Crippen molar-refractivity contribution in [2.24, 2.45) is 0 Å². The van der Waals surface area contributed by atoms with Gasteiger partial charge in [0.1, 0.15) is 0 Å². The Labute approximate surface area is 411 Å². The molecule has 0 saturated heterocycles. The summed E-state index contributed by atoms with van der Waals surface area (Å²) in [5, 5.41) is 23.3. The van der Waals surface area contributed by atoms with E-state index < -0.39 is 12.1 Å². The third kappa shape index (κ3) is 52.3.